The Bertz CT molecular complexity index is 332. The van der Waals surface area contributed by atoms with Crippen LogP contribution < -0.4 is 0 Å². The molecule has 0 aliphatic heterocycles. The van der Waals surface area contributed by atoms with Gasteiger partial charge in [-0.3, -0.25) is 0 Å². The molecule has 1 heterocycles. The van der Waals surface area contributed by atoms with Gasteiger partial charge in [-0.15, -0.1) is 21.8 Å². The Hall–Kier alpha value is -0.570. The van der Waals surface area contributed by atoms with Gasteiger partial charge in [0, 0.05) is 5.92 Å². The van der Waals surface area contributed by atoms with Crippen molar-refractivity contribution in [3.05, 3.63) is 11.8 Å². The van der Waals surface area contributed by atoms with Crippen molar-refractivity contribution < 1.29 is 4.42 Å². The average molecular weight is 257 g/mol. The van der Waals surface area contributed by atoms with Crippen molar-refractivity contribution >= 4 is 11.6 Å². The van der Waals surface area contributed by atoms with Crippen LogP contribution in [0.4, 0.5) is 0 Å². The summed E-state index contributed by atoms with van der Waals surface area (Å²) >= 11 is 5.66. The number of hydrogen-bond donors (Lipinski definition) is 0. The van der Waals surface area contributed by atoms with Gasteiger partial charge in [-0.05, 0) is 31.6 Å². The fraction of sp³-hybridized carbons (Fsp3) is 0.846. The van der Waals surface area contributed by atoms with E-state index in [-0.39, 0.29) is 0 Å². The maximum atomic E-state index is 5.66. The number of unbranched alkanes of at least 4 members (excludes halogenated alkanes) is 1. The molecule has 4 heteroatoms. The predicted molar refractivity (Wildman–Crippen MR) is 68.1 cm³/mol. The highest BCUT2D eigenvalue weighted by Crippen LogP contribution is 2.37. The summed E-state index contributed by atoms with van der Waals surface area (Å²) in [6.07, 6.45) is 9.07. The molecule has 1 saturated carbocycles. The Morgan fingerprint density at radius 3 is 2.59 bits per heavy atom. The molecular formula is C13H21ClN2O. The topological polar surface area (TPSA) is 38.9 Å². The summed E-state index contributed by atoms with van der Waals surface area (Å²) < 4.78 is 5.53. The summed E-state index contributed by atoms with van der Waals surface area (Å²) in [5.41, 5.74) is 0. The van der Waals surface area contributed by atoms with Crippen molar-refractivity contribution in [3.63, 3.8) is 0 Å². The SMILES string of the molecule is CCCCC1CCC(c2nnc(CCl)o2)CC1. The lowest BCUT2D eigenvalue weighted by Gasteiger charge is -2.26. The molecule has 0 radical (unpaired) electrons. The fourth-order valence-corrected chi connectivity index (χ4v) is 2.78. The van der Waals surface area contributed by atoms with Crippen LogP contribution in [0, 0.1) is 5.92 Å². The van der Waals surface area contributed by atoms with E-state index in [0.717, 1.165) is 11.8 Å². The Morgan fingerprint density at radius 2 is 2.00 bits per heavy atom. The Morgan fingerprint density at radius 1 is 1.24 bits per heavy atom. The largest absolute Gasteiger partial charge is 0.424 e. The van der Waals surface area contributed by atoms with Crippen LogP contribution in [0.15, 0.2) is 4.42 Å². The monoisotopic (exact) mass is 256 g/mol. The fourth-order valence-electron chi connectivity index (χ4n) is 2.68. The quantitative estimate of drug-likeness (QED) is 0.739. The molecule has 2 rings (SSSR count). The molecule has 1 aliphatic rings. The van der Waals surface area contributed by atoms with E-state index < -0.39 is 0 Å². The Labute approximate surface area is 108 Å². The molecule has 0 aromatic carbocycles. The van der Waals surface area contributed by atoms with Gasteiger partial charge in [-0.25, -0.2) is 0 Å². The van der Waals surface area contributed by atoms with Crippen LogP contribution in [0.5, 0.6) is 0 Å². The molecule has 96 valence electrons. The zero-order valence-corrected chi connectivity index (χ0v) is 11.2. The molecule has 1 aromatic heterocycles. The third-order valence-corrected chi connectivity index (χ3v) is 3.99. The van der Waals surface area contributed by atoms with Crippen molar-refractivity contribution in [3.8, 4) is 0 Å². The van der Waals surface area contributed by atoms with Gasteiger partial charge >= 0.3 is 0 Å². The number of hydrogen-bond acceptors (Lipinski definition) is 3. The maximum Gasteiger partial charge on any atom is 0.231 e. The number of halogens is 1. The van der Waals surface area contributed by atoms with Crippen LogP contribution in [0.2, 0.25) is 0 Å². The lowest BCUT2D eigenvalue weighted by molar-refractivity contribution is 0.275. The predicted octanol–water partition coefficient (Wildman–Crippen LogP) is 4.27. The zero-order valence-electron chi connectivity index (χ0n) is 10.5. The van der Waals surface area contributed by atoms with Gasteiger partial charge < -0.3 is 4.42 Å². The van der Waals surface area contributed by atoms with Gasteiger partial charge in [-0.2, -0.15) is 0 Å². The first-order valence-electron chi connectivity index (χ1n) is 6.71. The van der Waals surface area contributed by atoms with E-state index in [9.17, 15) is 0 Å². The van der Waals surface area contributed by atoms with E-state index in [1.165, 1.54) is 44.9 Å². The molecular weight excluding hydrogens is 236 g/mol. The van der Waals surface area contributed by atoms with Crippen LogP contribution in [0.25, 0.3) is 0 Å². The van der Waals surface area contributed by atoms with Crippen LogP contribution in [-0.4, -0.2) is 10.2 Å². The Kier molecular flexibility index (Phi) is 4.84. The minimum absolute atomic E-state index is 0.318. The smallest absolute Gasteiger partial charge is 0.231 e. The van der Waals surface area contributed by atoms with Gasteiger partial charge in [0.25, 0.3) is 0 Å². The molecule has 0 atom stereocenters. The summed E-state index contributed by atoms with van der Waals surface area (Å²) in [5, 5.41) is 8.03. The first kappa shape index (κ1) is 12.9. The van der Waals surface area contributed by atoms with E-state index in [4.69, 9.17) is 16.0 Å². The zero-order chi connectivity index (χ0) is 12.1. The molecule has 0 spiro atoms. The molecule has 0 N–H and O–H groups in total. The molecule has 17 heavy (non-hydrogen) atoms. The first-order valence-corrected chi connectivity index (χ1v) is 7.25. The molecule has 0 unspecified atom stereocenters. The minimum atomic E-state index is 0.318. The Balaban J connectivity index is 1.82. The van der Waals surface area contributed by atoms with E-state index in [0.29, 0.717) is 17.7 Å². The van der Waals surface area contributed by atoms with E-state index in [1.54, 1.807) is 0 Å². The van der Waals surface area contributed by atoms with Crippen molar-refractivity contribution in [2.24, 2.45) is 5.92 Å². The number of alkyl halides is 1. The minimum Gasteiger partial charge on any atom is -0.424 e. The second kappa shape index (κ2) is 6.39. The average Bonchev–Trinajstić information content (AvgIpc) is 2.86. The first-order chi connectivity index (χ1) is 8.33. The van der Waals surface area contributed by atoms with Crippen molar-refractivity contribution in [2.45, 2.75) is 63.7 Å². The van der Waals surface area contributed by atoms with Crippen LogP contribution >= 0.6 is 11.6 Å². The third kappa shape index (κ3) is 3.44. The van der Waals surface area contributed by atoms with E-state index >= 15 is 0 Å². The van der Waals surface area contributed by atoms with Gasteiger partial charge in [0.05, 0.1) is 0 Å². The molecule has 1 aliphatic carbocycles. The van der Waals surface area contributed by atoms with E-state index in [1.807, 2.05) is 0 Å². The molecule has 1 fully saturated rings. The second-order valence-electron chi connectivity index (χ2n) is 5.03. The van der Waals surface area contributed by atoms with Gasteiger partial charge in [0.15, 0.2) is 0 Å². The summed E-state index contributed by atoms with van der Waals surface area (Å²) in [6.45, 7) is 2.26. The van der Waals surface area contributed by atoms with Crippen molar-refractivity contribution in [1.29, 1.82) is 0 Å². The normalized spacial score (nSPS) is 25.1. The van der Waals surface area contributed by atoms with Gasteiger partial charge in [0.1, 0.15) is 5.88 Å². The summed E-state index contributed by atoms with van der Waals surface area (Å²) in [7, 11) is 0. The second-order valence-corrected chi connectivity index (χ2v) is 5.29. The highest BCUT2D eigenvalue weighted by Gasteiger charge is 2.25. The van der Waals surface area contributed by atoms with Gasteiger partial charge in [-0.1, -0.05) is 26.2 Å². The summed E-state index contributed by atoms with van der Waals surface area (Å²) in [6, 6.07) is 0. The van der Waals surface area contributed by atoms with E-state index in [2.05, 4.69) is 17.1 Å². The van der Waals surface area contributed by atoms with Crippen molar-refractivity contribution in [1.82, 2.24) is 10.2 Å². The molecule has 3 nitrogen and oxygen atoms in total. The third-order valence-electron chi connectivity index (χ3n) is 3.76. The van der Waals surface area contributed by atoms with Crippen LogP contribution in [0.1, 0.15) is 69.6 Å². The number of nitrogens with zero attached hydrogens (tertiary/aromatic N) is 2. The highest BCUT2D eigenvalue weighted by atomic mass is 35.5. The van der Waals surface area contributed by atoms with Crippen molar-refractivity contribution in [2.75, 3.05) is 0 Å². The maximum absolute atomic E-state index is 5.66. The molecule has 0 saturated heterocycles. The lowest BCUT2D eigenvalue weighted by Crippen LogP contribution is -2.13. The summed E-state index contributed by atoms with van der Waals surface area (Å²) in [4.78, 5) is 0. The number of rotatable bonds is 5. The highest BCUT2D eigenvalue weighted by molar-refractivity contribution is 6.16. The molecule has 0 bridgehead atoms. The van der Waals surface area contributed by atoms with Gasteiger partial charge in [0.2, 0.25) is 11.8 Å². The lowest BCUT2D eigenvalue weighted by atomic mass is 9.80. The summed E-state index contributed by atoms with van der Waals surface area (Å²) in [5.74, 6) is 3.06. The van der Waals surface area contributed by atoms with Crippen LogP contribution in [-0.2, 0) is 5.88 Å². The molecule has 1 aromatic rings. The number of aromatic nitrogens is 2. The standard InChI is InChI=1S/C13H21ClN2O/c1-2-3-4-10-5-7-11(8-6-10)13-16-15-12(9-14)17-13/h10-11H,2-9H2,1H3. The molecule has 0 amide bonds. The van der Waals surface area contributed by atoms with Crippen LogP contribution in [0.3, 0.4) is 0 Å².